The van der Waals surface area contributed by atoms with Crippen molar-refractivity contribution in [1.29, 1.82) is 0 Å². The number of thioether (sulfide) groups is 1. The maximum atomic E-state index is 10.1. The summed E-state index contributed by atoms with van der Waals surface area (Å²) >= 11 is 1.66. The van der Waals surface area contributed by atoms with Gasteiger partial charge in [0.05, 0.1) is 13.2 Å². The SMILES string of the molecule is COc1ccc(CNCC(O)c2ccncc2)cc1SC. The number of hydrogen-bond acceptors (Lipinski definition) is 5. The largest absolute Gasteiger partial charge is 0.496 e. The van der Waals surface area contributed by atoms with E-state index in [-0.39, 0.29) is 0 Å². The van der Waals surface area contributed by atoms with Gasteiger partial charge in [0.15, 0.2) is 0 Å². The van der Waals surface area contributed by atoms with Crippen LogP contribution in [0.5, 0.6) is 5.75 Å². The number of benzene rings is 1. The second-order valence-corrected chi connectivity index (χ2v) is 5.46. The molecule has 4 nitrogen and oxygen atoms in total. The van der Waals surface area contributed by atoms with Crippen LogP contribution < -0.4 is 10.1 Å². The van der Waals surface area contributed by atoms with Crippen LogP contribution in [0.1, 0.15) is 17.2 Å². The molecule has 1 aromatic carbocycles. The monoisotopic (exact) mass is 304 g/mol. The second-order valence-electron chi connectivity index (χ2n) is 4.62. The van der Waals surface area contributed by atoms with E-state index in [1.165, 1.54) is 5.56 Å². The number of rotatable bonds is 7. The highest BCUT2D eigenvalue weighted by molar-refractivity contribution is 7.98. The Balaban J connectivity index is 1.89. The van der Waals surface area contributed by atoms with E-state index in [1.807, 2.05) is 30.5 Å². The lowest BCUT2D eigenvalue weighted by molar-refractivity contribution is 0.174. The fraction of sp³-hybridized carbons (Fsp3) is 0.312. The van der Waals surface area contributed by atoms with Crippen molar-refractivity contribution in [3.05, 3.63) is 53.9 Å². The molecule has 0 fully saturated rings. The van der Waals surface area contributed by atoms with Crippen LogP contribution in [0.4, 0.5) is 0 Å². The van der Waals surface area contributed by atoms with Gasteiger partial charge in [0.2, 0.25) is 0 Å². The summed E-state index contributed by atoms with van der Waals surface area (Å²) in [6, 6.07) is 9.76. The predicted molar refractivity (Wildman–Crippen MR) is 85.7 cm³/mol. The molecule has 112 valence electrons. The highest BCUT2D eigenvalue weighted by Crippen LogP contribution is 2.28. The fourth-order valence-electron chi connectivity index (χ4n) is 2.05. The third-order valence-electron chi connectivity index (χ3n) is 3.21. The predicted octanol–water partition coefficient (Wildman–Crippen LogP) is 2.64. The Morgan fingerprint density at radius 2 is 2.05 bits per heavy atom. The van der Waals surface area contributed by atoms with E-state index in [9.17, 15) is 5.11 Å². The summed E-state index contributed by atoms with van der Waals surface area (Å²) in [5.41, 5.74) is 2.04. The number of nitrogens with one attached hydrogen (secondary N) is 1. The molecule has 0 radical (unpaired) electrons. The molecule has 0 saturated carbocycles. The number of nitrogens with zero attached hydrogens (tertiary/aromatic N) is 1. The number of pyridine rings is 1. The number of methoxy groups -OCH3 is 1. The van der Waals surface area contributed by atoms with Gasteiger partial charge in [-0.3, -0.25) is 4.98 Å². The van der Waals surface area contributed by atoms with Gasteiger partial charge in [-0.05, 0) is 41.6 Å². The van der Waals surface area contributed by atoms with Crippen LogP contribution in [0.3, 0.4) is 0 Å². The molecule has 21 heavy (non-hydrogen) atoms. The number of aromatic nitrogens is 1. The third-order valence-corrected chi connectivity index (χ3v) is 3.96. The Hall–Kier alpha value is -1.56. The average molecular weight is 304 g/mol. The van der Waals surface area contributed by atoms with E-state index >= 15 is 0 Å². The minimum atomic E-state index is -0.522. The molecule has 2 rings (SSSR count). The van der Waals surface area contributed by atoms with Crippen LogP contribution in [0, 0.1) is 0 Å². The molecule has 1 atom stereocenters. The first-order valence-corrected chi connectivity index (χ1v) is 7.96. The zero-order chi connectivity index (χ0) is 15.1. The van der Waals surface area contributed by atoms with Gasteiger partial charge in [-0.1, -0.05) is 6.07 Å². The normalized spacial score (nSPS) is 12.1. The molecule has 2 N–H and O–H groups in total. The average Bonchev–Trinajstić information content (AvgIpc) is 2.55. The Kier molecular flexibility index (Phi) is 6.04. The molecule has 1 aromatic heterocycles. The fourth-order valence-corrected chi connectivity index (χ4v) is 2.67. The van der Waals surface area contributed by atoms with Crippen LogP contribution in [0.2, 0.25) is 0 Å². The van der Waals surface area contributed by atoms with Crippen molar-refractivity contribution in [2.75, 3.05) is 19.9 Å². The lowest BCUT2D eigenvalue weighted by atomic mass is 10.1. The first kappa shape index (κ1) is 15.8. The van der Waals surface area contributed by atoms with Crippen molar-refractivity contribution >= 4 is 11.8 Å². The van der Waals surface area contributed by atoms with Crippen molar-refractivity contribution in [3.8, 4) is 5.75 Å². The topological polar surface area (TPSA) is 54.4 Å². The van der Waals surface area contributed by atoms with Gasteiger partial charge in [0.1, 0.15) is 5.75 Å². The zero-order valence-electron chi connectivity index (χ0n) is 12.2. The van der Waals surface area contributed by atoms with Gasteiger partial charge in [-0.2, -0.15) is 0 Å². The Bertz CT molecular complexity index is 563. The summed E-state index contributed by atoms with van der Waals surface area (Å²) in [5.74, 6) is 0.892. The van der Waals surface area contributed by atoms with Gasteiger partial charge in [-0.15, -0.1) is 11.8 Å². The smallest absolute Gasteiger partial charge is 0.132 e. The lowest BCUT2D eigenvalue weighted by Crippen LogP contribution is -2.21. The standard InChI is InChI=1S/C16H20N2O2S/c1-20-15-4-3-12(9-16(15)21-2)10-18-11-14(19)13-5-7-17-8-6-13/h3-9,14,18-19H,10-11H2,1-2H3. The van der Waals surface area contributed by atoms with E-state index in [2.05, 4.69) is 16.4 Å². The van der Waals surface area contributed by atoms with E-state index < -0.39 is 6.10 Å². The summed E-state index contributed by atoms with van der Waals surface area (Å²) in [7, 11) is 1.68. The first-order valence-electron chi connectivity index (χ1n) is 6.74. The Labute approximate surface area is 129 Å². The van der Waals surface area contributed by atoms with E-state index in [1.54, 1.807) is 31.3 Å². The van der Waals surface area contributed by atoms with Crippen LogP contribution in [0.25, 0.3) is 0 Å². The number of aliphatic hydroxyl groups excluding tert-OH is 1. The quantitative estimate of drug-likeness (QED) is 0.770. The first-order chi connectivity index (χ1) is 10.2. The van der Waals surface area contributed by atoms with Crippen molar-refractivity contribution in [2.24, 2.45) is 0 Å². The molecule has 5 heteroatoms. The molecule has 1 heterocycles. The van der Waals surface area contributed by atoms with Gasteiger partial charge in [-0.25, -0.2) is 0 Å². The van der Waals surface area contributed by atoms with Crippen LogP contribution in [0.15, 0.2) is 47.6 Å². The molecular weight excluding hydrogens is 284 g/mol. The number of hydrogen-bond donors (Lipinski definition) is 2. The van der Waals surface area contributed by atoms with Crippen molar-refractivity contribution in [3.63, 3.8) is 0 Å². The lowest BCUT2D eigenvalue weighted by Gasteiger charge is -2.13. The second kappa shape index (κ2) is 8.02. The minimum Gasteiger partial charge on any atom is -0.496 e. The molecule has 0 aliphatic heterocycles. The summed E-state index contributed by atoms with van der Waals surface area (Å²) < 4.78 is 5.30. The van der Waals surface area contributed by atoms with E-state index in [0.717, 1.165) is 16.2 Å². The highest BCUT2D eigenvalue weighted by Gasteiger charge is 2.07. The van der Waals surface area contributed by atoms with Gasteiger partial charge < -0.3 is 15.2 Å². The molecule has 0 spiro atoms. The maximum absolute atomic E-state index is 10.1. The summed E-state index contributed by atoms with van der Waals surface area (Å²) in [5, 5.41) is 13.3. The van der Waals surface area contributed by atoms with Crippen LogP contribution in [-0.2, 0) is 6.54 Å². The molecule has 1 unspecified atom stereocenters. The summed E-state index contributed by atoms with van der Waals surface area (Å²) in [4.78, 5) is 5.06. The third kappa shape index (κ3) is 4.46. The summed E-state index contributed by atoms with van der Waals surface area (Å²) in [6.07, 6.45) is 4.88. The van der Waals surface area contributed by atoms with E-state index in [0.29, 0.717) is 13.1 Å². The van der Waals surface area contributed by atoms with Crippen molar-refractivity contribution in [2.45, 2.75) is 17.5 Å². The van der Waals surface area contributed by atoms with Crippen molar-refractivity contribution in [1.82, 2.24) is 10.3 Å². The molecule has 0 amide bonds. The molecule has 2 aromatic rings. The highest BCUT2D eigenvalue weighted by atomic mass is 32.2. The van der Waals surface area contributed by atoms with Gasteiger partial charge >= 0.3 is 0 Å². The molecular formula is C16H20N2O2S. The van der Waals surface area contributed by atoms with Crippen LogP contribution in [-0.4, -0.2) is 30.0 Å². The van der Waals surface area contributed by atoms with Gasteiger partial charge in [0, 0.05) is 30.4 Å². The maximum Gasteiger partial charge on any atom is 0.132 e. The van der Waals surface area contributed by atoms with Gasteiger partial charge in [0.25, 0.3) is 0 Å². The molecule has 0 aliphatic carbocycles. The molecule has 0 aliphatic rings. The Morgan fingerprint density at radius 1 is 1.29 bits per heavy atom. The summed E-state index contributed by atoms with van der Waals surface area (Å²) in [6.45, 7) is 1.21. The van der Waals surface area contributed by atoms with E-state index in [4.69, 9.17) is 4.74 Å². The number of ether oxygens (including phenoxy) is 1. The molecule has 0 bridgehead atoms. The Morgan fingerprint density at radius 3 is 2.71 bits per heavy atom. The molecule has 0 saturated heterocycles. The van der Waals surface area contributed by atoms with Crippen molar-refractivity contribution < 1.29 is 9.84 Å². The zero-order valence-corrected chi connectivity index (χ0v) is 13.1. The van der Waals surface area contributed by atoms with Crippen LogP contribution >= 0.6 is 11.8 Å². The number of aliphatic hydroxyl groups is 1. The minimum absolute atomic E-state index is 0.505.